The van der Waals surface area contributed by atoms with E-state index in [2.05, 4.69) is 27.3 Å². The molecule has 0 aromatic heterocycles. The van der Waals surface area contributed by atoms with E-state index >= 15 is 0 Å². The molecule has 0 aliphatic heterocycles. The van der Waals surface area contributed by atoms with Crippen molar-refractivity contribution in [3.8, 4) is 0 Å². The molecular weight excluding hydrogens is 331 g/mol. The van der Waals surface area contributed by atoms with Gasteiger partial charge >= 0.3 is 0 Å². The van der Waals surface area contributed by atoms with Crippen LogP contribution in [-0.2, 0) is 6.54 Å². The monoisotopic (exact) mass is 348 g/mol. The second-order valence-corrected chi connectivity index (χ2v) is 6.30. The van der Waals surface area contributed by atoms with Gasteiger partial charge in [0.25, 0.3) is 0 Å². The molecule has 0 unspecified atom stereocenters. The second kappa shape index (κ2) is 6.16. The highest BCUT2D eigenvalue weighted by Crippen LogP contribution is 2.30. The fourth-order valence-corrected chi connectivity index (χ4v) is 2.80. The van der Waals surface area contributed by atoms with Crippen molar-refractivity contribution in [2.75, 3.05) is 11.9 Å². The zero-order chi connectivity index (χ0) is 14.8. The minimum absolute atomic E-state index is 0.212. The standard InChI is InChI=1S/C17H18BrFN2/c1-21(17-5-3-2-4-16(17)19)14-9-6-12(15(18)10-14)11-20-13-7-8-13/h2-6,9-10,13,20H,7-8,11H2,1H3. The molecule has 1 aliphatic carbocycles. The number of nitrogens with zero attached hydrogens (tertiary/aromatic N) is 1. The Morgan fingerprint density at radius 3 is 2.67 bits per heavy atom. The molecule has 0 heterocycles. The Balaban J connectivity index is 1.78. The third-order valence-corrected chi connectivity index (χ3v) is 4.53. The minimum Gasteiger partial charge on any atom is -0.342 e. The first-order valence-electron chi connectivity index (χ1n) is 7.15. The summed E-state index contributed by atoms with van der Waals surface area (Å²) in [7, 11) is 1.88. The minimum atomic E-state index is -0.212. The van der Waals surface area contributed by atoms with Crippen LogP contribution in [0.5, 0.6) is 0 Å². The summed E-state index contributed by atoms with van der Waals surface area (Å²) in [6.07, 6.45) is 2.57. The number of nitrogens with one attached hydrogen (secondary N) is 1. The van der Waals surface area contributed by atoms with Crippen LogP contribution < -0.4 is 10.2 Å². The summed E-state index contributed by atoms with van der Waals surface area (Å²) in [5, 5.41) is 3.50. The number of rotatable bonds is 5. The number of hydrogen-bond acceptors (Lipinski definition) is 2. The highest BCUT2D eigenvalue weighted by molar-refractivity contribution is 9.10. The van der Waals surface area contributed by atoms with Crippen LogP contribution in [0.25, 0.3) is 0 Å². The summed E-state index contributed by atoms with van der Waals surface area (Å²) in [4.78, 5) is 1.86. The van der Waals surface area contributed by atoms with E-state index in [9.17, 15) is 4.39 Å². The molecule has 3 rings (SSSR count). The first kappa shape index (κ1) is 14.5. The van der Waals surface area contributed by atoms with Crippen molar-refractivity contribution in [2.24, 2.45) is 0 Å². The summed E-state index contributed by atoms with van der Waals surface area (Å²) in [5.41, 5.74) is 2.77. The van der Waals surface area contributed by atoms with Crippen LogP contribution in [0, 0.1) is 5.82 Å². The first-order chi connectivity index (χ1) is 10.1. The average molecular weight is 349 g/mol. The lowest BCUT2D eigenvalue weighted by molar-refractivity contribution is 0.627. The third-order valence-electron chi connectivity index (χ3n) is 3.80. The molecule has 0 amide bonds. The Bertz CT molecular complexity index is 640. The smallest absolute Gasteiger partial charge is 0.146 e. The molecule has 21 heavy (non-hydrogen) atoms. The number of halogens is 2. The molecule has 1 N–H and O–H groups in total. The molecule has 0 spiro atoms. The van der Waals surface area contributed by atoms with Crippen LogP contribution in [0.15, 0.2) is 46.9 Å². The van der Waals surface area contributed by atoms with Crippen molar-refractivity contribution >= 4 is 27.3 Å². The maximum atomic E-state index is 13.9. The lowest BCUT2D eigenvalue weighted by Gasteiger charge is -2.21. The van der Waals surface area contributed by atoms with Gasteiger partial charge in [0.2, 0.25) is 0 Å². The first-order valence-corrected chi connectivity index (χ1v) is 7.94. The highest BCUT2D eigenvalue weighted by Gasteiger charge is 2.20. The van der Waals surface area contributed by atoms with Gasteiger partial charge in [0, 0.05) is 29.8 Å². The van der Waals surface area contributed by atoms with Crippen molar-refractivity contribution in [1.29, 1.82) is 0 Å². The fraction of sp³-hybridized carbons (Fsp3) is 0.294. The van der Waals surface area contributed by atoms with E-state index in [0.717, 1.165) is 16.7 Å². The Morgan fingerprint density at radius 1 is 1.24 bits per heavy atom. The van der Waals surface area contributed by atoms with Gasteiger partial charge < -0.3 is 10.2 Å². The van der Waals surface area contributed by atoms with Gasteiger partial charge in [-0.3, -0.25) is 0 Å². The van der Waals surface area contributed by atoms with Crippen molar-refractivity contribution in [1.82, 2.24) is 5.32 Å². The van der Waals surface area contributed by atoms with Crippen LogP contribution in [0.3, 0.4) is 0 Å². The number of para-hydroxylation sites is 1. The van der Waals surface area contributed by atoms with Crippen LogP contribution >= 0.6 is 15.9 Å². The second-order valence-electron chi connectivity index (χ2n) is 5.44. The van der Waals surface area contributed by atoms with Gasteiger partial charge in [0.05, 0.1) is 5.69 Å². The molecule has 0 bridgehead atoms. The van der Waals surface area contributed by atoms with Gasteiger partial charge in [-0.25, -0.2) is 4.39 Å². The average Bonchev–Trinajstić information content (AvgIpc) is 3.30. The molecule has 4 heteroatoms. The van der Waals surface area contributed by atoms with Crippen molar-refractivity contribution in [3.05, 3.63) is 58.3 Å². The number of anilines is 2. The zero-order valence-electron chi connectivity index (χ0n) is 11.9. The molecule has 0 atom stereocenters. The van der Waals surface area contributed by atoms with Gasteiger partial charge in [-0.2, -0.15) is 0 Å². The lowest BCUT2D eigenvalue weighted by Crippen LogP contribution is -2.16. The zero-order valence-corrected chi connectivity index (χ0v) is 13.5. The summed E-state index contributed by atoms with van der Waals surface area (Å²) in [6, 6.07) is 13.7. The Hall–Kier alpha value is -1.39. The normalized spacial score (nSPS) is 14.2. The molecule has 110 valence electrons. The third kappa shape index (κ3) is 3.44. The lowest BCUT2D eigenvalue weighted by atomic mass is 10.2. The van der Waals surface area contributed by atoms with E-state index in [4.69, 9.17) is 0 Å². The summed E-state index contributed by atoms with van der Waals surface area (Å²) < 4.78 is 14.9. The van der Waals surface area contributed by atoms with E-state index < -0.39 is 0 Å². The maximum absolute atomic E-state index is 13.9. The van der Waals surface area contributed by atoms with E-state index in [1.807, 2.05) is 30.1 Å². The number of hydrogen-bond donors (Lipinski definition) is 1. The van der Waals surface area contributed by atoms with Gasteiger partial charge in [-0.15, -0.1) is 0 Å². The topological polar surface area (TPSA) is 15.3 Å². The van der Waals surface area contributed by atoms with E-state index in [0.29, 0.717) is 11.7 Å². The highest BCUT2D eigenvalue weighted by atomic mass is 79.9. The molecule has 2 aromatic carbocycles. The molecular formula is C17H18BrFN2. The Labute approximate surface area is 133 Å². The largest absolute Gasteiger partial charge is 0.342 e. The van der Waals surface area contributed by atoms with Crippen LogP contribution in [0.1, 0.15) is 18.4 Å². The predicted molar refractivity (Wildman–Crippen MR) is 88.5 cm³/mol. The van der Waals surface area contributed by atoms with E-state index in [1.165, 1.54) is 24.5 Å². The van der Waals surface area contributed by atoms with Crippen LogP contribution in [-0.4, -0.2) is 13.1 Å². The van der Waals surface area contributed by atoms with E-state index in [1.54, 1.807) is 12.1 Å². The van der Waals surface area contributed by atoms with E-state index in [-0.39, 0.29) is 5.82 Å². The molecule has 2 aromatic rings. The molecule has 0 saturated heterocycles. The van der Waals surface area contributed by atoms with Crippen LogP contribution in [0.2, 0.25) is 0 Å². The molecule has 1 fully saturated rings. The van der Waals surface area contributed by atoms with Crippen molar-refractivity contribution in [3.63, 3.8) is 0 Å². The Kier molecular flexibility index (Phi) is 4.27. The summed E-state index contributed by atoms with van der Waals surface area (Å²) in [6.45, 7) is 0.870. The van der Waals surface area contributed by atoms with Crippen LogP contribution in [0.4, 0.5) is 15.8 Å². The van der Waals surface area contributed by atoms with Crippen molar-refractivity contribution in [2.45, 2.75) is 25.4 Å². The number of benzene rings is 2. The summed E-state index contributed by atoms with van der Waals surface area (Å²) in [5.74, 6) is -0.212. The molecule has 2 nitrogen and oxygen atoms in total. The molecule has 1 saturated carbocycles. The fourth-order valence-electron chi connectivity index (χ4n) is 2.29. The quantitative estimate of drug-likeness (QED) is 0.848. The Morgan fingerprint density at radius 2 is 2.00 bits per heavy atom. The van der Waals surface area contributed by atoms with Gasteiger partial charge in [0.1, 0.15) is 5.82 Å². The maximum Gasteiger partial charge on any atom is 0.146 e. The van der Waals surface area contributed by atoms with Crippen molar-refractivity contribution < 1.29 is 4.39 Å². The predicted octanol–water partition coefficient (Wildman–Crippen LogP) is 4.61. The summed E-state index contributed by atoms with van der Waals surface area (Å²) >= 11 is 3.62. The SMILES string of the molecule is CN(c1ccc(CNC2CC2)c(Br)c1)c1ccccc1F. The van der Waals surface area contributed by atoms with Gasteiger partial charge in [-0.1, -0.05) is 34.1 Å². The van der Waals surface area contributed by atoms with Gasteiger partial charge in [0.15, 0.2) is 0 Å². The molecule has 1 aliphatic rings. The molecule has 0 radical (unpaired) electrons. The van der Waals surface area contributed by atoms with Gasteiger partial charge in [-0.05, 0) is 42.7 Å².